The molecule has 0 bridgehead atoms. The van der Waals surface area contributed by atoms with E-state index in [4.69, 9.17) is 0 Å². The van der Waals surface area contributed by atoms with Crippen molar-refractivity contribution in [1.82, 2.24) is 30.0 Å². The third kappa shape index (κ3) is 5.16. The maximum atomic E-state index is 13.0. The number of anilines is 2. The number of likely N-dealkylation sites (tertiary alicyclic amines) is 2. The molecular weight excluding hydrogens is 378 g/mol. The fourth-order valence-corrected chi connectivity index (χ4v) is 4.65. The topological polar surface area (TPSA) is 90.0 Å². The number of amides is 1. The standard InChI is InChI=1S/C22H33N7O/c1-15-11-21(27-26-15)25-20-13-19(23-16(2)24-20)12-17-5-4-8-29(14-17)22(30)18-6-9-28(3)10-7-18/h11,13,17-18H,4-10,12,14H2,1-3H3,(H2,23,24,25,26,27). The van der Waals surface area contributed by atoms with Crippen LogP contribution in [0, 0.1) is 25.7 Å². The molecule has 0 aromatic carbocycles. The van der Waals surface area contributed by atoms with Crippen LogP contribution in [0.4, 0.5) is 11.6 Å². The highest BCUT2D eigenvalue weighted by Gasteiger charge is 2.31. The van der Waals surface area contributed by atoms with Gasteiger partial charge >= 0.3 is 0 Å². The van der Waals surface area contributed by atoms with Gasteiger partial charge in [0.05, 0.1) is 0 Å². The zero-order valence-corrected chi connectivity index (χ0v) is 18.3. The maximum absolute atomic E-state index is 13.0. The van der Waals surface area contributed by atoms with Gasteiger partial charge in [-0.05, 0) is 72.0 Å². The molecule has 2 aliphatic heterocycles. The zero-order valence-electron chi connectivity index (χ0n) is 18.3. The second-order valence-electron chi connectivity index (χ2n) is 8.93. The minimum atomic E-state index is 0.203. The van der Waals surface area contributed by atoms with Gasteiger partial charge in [-0.2, -0.15) is 5.10 Å². The highest BCUT2D eigenvalue weighted by atomic mass is 16.2. The van der Waals surface area contributed by atoms with E-state index in [-0.39, 0.29) is 5.92 Å². The van der Waals surface area contributed by atoms with Crippen molar-refractivity contribution in [2.24, 2.45) is 11.8 Å². The monoisotopic (exact) mass is 411 g/mol. The molecule has 4 rings (SSSR count). The molecule has 0 radical (unpaired) electrons. The predicted octanol–water partition coefficient (Wildman–Crippen LogP) is 2.68. The van der Waals surface area contributed by atoms with Crippen LogP contribution < -0.4 is 5.32 Å². The van der Waals surface area contributed by atoms with E-state index in [1.165, 1.54) is 0 Å². The molecule has 0 saturated carbocycles. The van der Waals surface area contributed by atoms with Crippen LogP contribution >= 0.6 is 0 Å². The van der Waals surface area contributed by atoms with Gasteiger partial charge < -0.3 is 15.1 Å². The van der Waals surface area contributed by atoms with Gasteiger partial charge in [-0.3, -0.25) is 9.89 Å². The summed E-state index contributed by atoms with van der Waals surface area (Å²) in [5.74, 6) is 3.28. The van der Waals surface area contributed by atoms with Gasteiger partial charge in [0.1, 0.15) is 11.6 Å². The molecule has 0 aliphatic carbocycles. The number of H-pyrrole nitrogens is 1. The normalized spacial score (nSPS) is 21.0. The molecule has 8 heteroatoms. The molecular formula is C22H33N7O. The Hall–Kier alpha value is -2.48. The maximum Gasteiger partial charge on any atom is 0.225 e. The Labute approximate surface area is 178 Å². The number of aromatic nitrogens is 4. The summed E-state index contributed by atoms with van der Waals surface area (Å²) in [4.78, 5) is 26.6. The molecule has 2 fully saturated rings. The molecule has 2 saturated heterocycles. The lowest BCUT2D eigenvalue weighted by molar-refractivity contribution is -0.138. The number of rotatable bonds is 5. The second kappa shape index (κ2) is 9.12. The summed E-state index contributed by atoms with van der Waals surface area (Å²) in [6.45, 7) is 7.68. The van der Waals surface area contributed by atoms with Gasteiger partial charge in [-0.25, -0.2) is 9.97 Å². The lowest BCUT2D eigenvalue weighted by Gasteiger charge is -2.37. The number of nitrogens with zero attached hydrogens (tertiary/aromatic N) is 5. The molecule has 1 unspecified atom stereocenters. The summed E-state index contributed by atoms with van der Waals surface area (Å²) in [6, 6.07) is 3.96. The Morgan fingerprint density at radius 1 is 1.13 bits per heavy atom. The Morgan fingerprint density at radius 3 is 2.67 bits per heavy atom. The van der Waals surface area contributed by atoms with Crippen molar-refractivity contribution >= 4 is 17.5 Å². The van der Waals surface area contributed by atoms with Crippen LogP contribution in [0.3, 0.4) is 0 Å². The van der Waals surface area contributed by atoms with E-state index in [1.807, 2.05) is 26.0 Å². The van der Waals surface area contributed by atoms with Crippen molar-refractivity contribution in [2.45, 2.75) is 46.0 Å². The lowest BCUT2D eigenvalue weighted by atomic mass is 9.90. The largest absolute Gasteiger partial charge is 0.342 e. The first-order valence-corrected chi connectivity index (χ1v) is 11.1. The molecule has 1 atom stereocenters. The van der Waals surface area contributed by atoms with Crippen molar-refractivity contribution in [2.75, 3.05) is 38.5 Å². The molecule has 2 aromatic rings. The molecule has 8 nitrogen and oxygen atoms in total. The Morgan fingerprint density at radius 2 is 1.93 bits per heavy atom. The number of hydrogen-bond donors (Lipinski definition) is 2. The summed E-state index contributed by atoms with van der Waals surface area (Å²) in [5, 5.41) is 10.4. The van der Waals surface area contributed by atoms with Gasteiger partial charge in [-0.15, -0.1) is 0 Å². The number of hydrogen-bond acceptors (Lipinski definition) is 6. The Bertz CT molecular complexity index is 872. The van der Waals surface area contributed by atoms with E-state index in [2.05, 4.69) is 42.3 Å². The van der Waals surface area contributed by atoms with E-state index in [9.17, 15) is 4.79 Å². The highest BCUT2D eigenvalue weighted by molar-refractivity contribution is 5.79. The minimum absolute atomic E-state index is 0.203. The molecule has 2 aromatic heterocycles. The van der Waals surface area contributed by atoms with Crippen LogP contribution in [0.2, 0.25) is 0 Å². The molecule has 2 N–H and O–H groups in total. The Kier molecular flexibility index (Phi) is 6.32. The number of carbonyl (C=O) groups is 1. The van der Waals surface area contributed by atoms with Gasteiger partial charge in [0.25, 0.3) is 0 Å². The number of piperidine rings is 2. The summed E-state index contributed by atoms with van der Waals surface area (Å²) in [5.41, 5.74) is 2.02. The number of carbonyl (C=O) groups excluding carboxylic acids is 1. The third-order valence-corrected chi connectivity index (χ3v) is 6.25. The van der Waals surface area contributed by atoms with Crippen LogP contribution in [0.5, 0.6) is 0 Å². The van der Waals surface area contributed by atoms with Gasteiger partial charge in [0.2, 0.25) is 5.91 Å². The van der Waals surface area contributed by atoms with Crippen molar-refractivity contribution in [3.05, 3.63) is 29.3 Å². The number of aryl methyl sites for hydroxylation is 2. The van der Waals surface area contributed by atoms with E-state index in [0.29, 0.717) is 11.8 Å². The first-order valence-electron chi connectivity index (χ1n) is 11.1. The first-order chi connectivity index (χ1) is 14.5. The van der Waals surface area contributed by atoms with Gasteiger partial charge in [0.15, 0.2) is 5.82 Å². The molecule has 0 spiro atoms. The van der Waals surface area contributed by atoms with Gasteiger partial charge in [-0.1, -0.05) is 0 Å². The fourth-order valence-electron chi connectivity index (χ4n) is 4.65. The van der Waals surface area contributed by atoms with E-state index in [1.54, 1.807) is 0 Å². The molecule has 30 heavy (non-hydrogen) atoms. The van der Waals surface area contributed by atoms with Crippen molar-refractivity contribution < 1.29 is 4.79 Å². The fraction of sp³-hybridized carbons (Fsp3) is 0.636. The van der Waals surface area contributed by atoms with Crippen LogP contribution in [-0.4, -0.2) is 69.1 Å². The molecule has 1 amide bonds. The van der Waals surface area contributed by atoms with Crippen LogP contribution in [0.25, 0.3) is 0 Å². The second-order valence-corrected chi connectivity index (χ2v) is 8.93. The van der Waals surface area contributed by atoms with Crippen molar-refractivity contribution in [1.29, 1.82) is 0 Å². The summed E-state index contributed by atoms with van der Waals surface area (Å²) in [7, 11) is 2.14. The quantitative estimate of drug-likeness (QED) is 0.786. The van der Waals surface area contributed by atoms with Crippen LogP contribution in [-0.2, 0) is 11.2 Å². The summed E-state index contributed by atoms with van der Waals surface area (Å²) in [6.07, 6.45) is 5.06. The number of aromatic amines is 1. The van der Waals surface area contributed by atoms with E-state index < -0.39 is 0 Å². The smallest absolute Gasteiger partial charge is 0.225 e. The summed E-state index contributed by atoms with van der Waals surface area (Å²) >= 11 is 0. The highest BCUT2D eigenvalue weighted by Crippen LogP contribution is 2.25. The molecule has 162 valence electrons. The SMILES string of the molecule is Cc1nc(CC2CCCN(C(=O)C3CCN(C)CC3)C2)cc(Nc2cc(C)[nH]n2)n1. The lowest BCUT2D eigenvalue weighted by Crippen LogP contribution is -2.46. The molecule has 4 heterocycles. The minimum Gasteiger partial charge on any atom is -0.342 e. The average molecular weight is 412 g/mol. The van der Waals surface area contributed by atoms with Crippen LogP contribution in [0.1, 0.15) is 42.9 Å². The number of nitrogens with one attached hydrogen (secondary N) is 2. The predicted molar refractivity (Wildman–Crippen MR) is 117 cm³/mol. The van der Waals surface area contributed by atoms with E-state index >= 15 is 0 Å². The summed E-state index contributed by atoms with van der Waals surface area (Å²) < 4.78 is 0. The van der Waals surface area contributed by atoms with Crippen molar-refractivity contribution in [3.63, 3.8) is 0 Å². The Balaban J connectivity index is 1.38. The van der Waals surface area contributed by atoms with Crippen LogP contribution in [0.15, 0.2) is 12.1 Å². The van der Waals surface area contributed by atoms with Crippen molar-refractivity contribution in [3.8, 4) is 0 Å². The average Bonchev–Trinajstić information content (AvgIpc) is 3.12. The zero-order chi connectivity index (χ0) is 21.1. The first kappa shape index (κ1) is 20.8. The van der Waals surface area contributed by atoms with Gasteiger partial charge in [0, 0.05) is 42.5 Å². The third-order valence-electron chi connectivity index (χ3n) is 6.25. The molecule has 2 aliphatic rings. The van der Waals surface area contributed by atoms with E-state index in [0.717, 1.165) is 87.1 Å².